The maximum Gasteiger partial charge on any atom is 0.329 e. The molecule has 9 atom stereocenters. The predicted molar refractivity (Wildman–Crippen MR) is 199 cm³/mol. The molecule has 51 heavy (non-hydrogen) atoms. The third-order valence-electron chi connectivity index (χ3n) is 14.0. The number of non-ortho nitro benzene ring substituents is 1. The minimum absolute atomic E-state index is 0.0400. The number of hydrogen-bond acceptors (Lipinski definition) is 8. The van der Waals surface area contributed by atoms with Crippen LogP contribution in [0.3, 0.4) is 0 Å². The van der Waals surface area contributed by atoms with E-state index >= 15 is 0 Å². The summed E-state index contributed by atoms with van der Waals surface area (Å²) in [6.07, 6.45) is 16.1. The average molecular weight is 697 g/mol. The summed E-state index contributed by atoms with van der Waals surface area (Å²) >= 11 is 0. The van der Waals surface area contributed by atoms with Gasteiger partial charge in [0.1, 0.15) is 12.1 Å². The van der Waals surface area contributed by atoms with Gasteiger partial charge in [0.15, 0.2) is 5.52 Å². The van der Waals surface area contributed by atoms with Gasteiger partial charge in [-0.15, -0.1) is 0 Å². The summed E-state index contributed by atoms with van der Waals surface area (Å²) in [6, 6.07) is 12.0. The number of carbonyl (C=O) groups is 1. The number of nitro benzene ring substituents is 1. The van der Waals surface area contributed by atoms with Crippen LogP contribution in [0.4, 0.5) is 11.4 Å². The van der Waals surface area contributed by atoms with Gasteiger partial charge in [-0.2, -0.15) is 0 Å². The smallest absolute Gasteiger partial charge is 0.329 e. The van der Waals surface area contributed by atoms with E-state index in [1.165, 1.54) is 56.6 Å². The molecule has 3 aromatic rings. The van der Waals surface area contributed by atoms with Gasteiger partial charge >= 0.3 is 11.7 Å². The first-order chi connectivity index (χ1) is 24.5. The number of nitrogens with zero attached hydrogens (tertiary/aromatic N) is 3. The van der Waals surface area contributed by atoms with Crippen LogP contribution in [0.15, 0.2) is 58.7 Å². The van der Waals surface area contributed by atoms with E-state index in [9.17, 15) is 14.9 Å². The highest BCUT2D eigenvalue weighted by atomic mass is 16.6. The van der Waals surface area contributed by atoms with Gasteiger partial charge in [0.2, 0.25) is 5.52 Å². The van der Waals surface area contributed by atoms with E-state index in [0.717, 1.165) is 60.8 Å². The van der Waals surface area contributed by atoms with Gasteiger partial charge < -0.3 is 10.1 Å². The highest BCUT2D eigenvalue weighted by Crippen LogP contribution is 2.67. The fourth-order valence-corrected chi connectivity index (χ4v) is 11.3. The summed E-state index contributed by atoms with van der Waals surface area (Å²) in [5.41, 5.74) is 3.59. The number of benzene rings is 2. The number of allylic oxidation sites excluding steroid dienone is 1. The lowest BCUT2D eigenvalue weighted by molar-refractivity contribution is -0.383. The van der Waals surface area contributed by atoms with Crippen LogP contribution in [0.1, 0.15) is 111 Å². The Bertz CT molecular complexity index is 1750. The Labute approximate surface area is 302 Å². The molecule has 3 saturated carbocycles. The van der Waals surface area contributed by atoms with Crippen molar-refractivity contribution in [2.75, 3.05) is 5.32 Å². The quantitative estimate of drug-likeness (QED) is 0.0860. The van der Waals surface area contributed by atoms with Crippen LogP contribution in [-0.4, -0.2) is 33.4 Å². The Morgan fingerprint density at radius 2 is 1.78 bits per heavy atom. The molecule has 0 bridgehead atoms. The minimum Gasteiger partial charge on any atom is -0.461 e. The second-order valence-corrected chi connectivity index (χ2v) is 17.3. The summed E-state index contributed by atoms with van der Waals surface area (Å²) in [7, 11) is 0. The summed E-state index contributed by atoms with van der Waals surface area (Å²) in [5, 5.41) is 22.5. The van der Waals surface area contributed by atoms with Crippen LogP contribution in [0.2, 0.25) is 0 Å². The molecule has 9 nitrogen and oxygen atoms in total. The Kier molecular flexibility index (Phi) is 10.0. The molecule has 9 heteroatoms. The number of carbonyl (C=O) groups excluding carboxylic acids is 1. The number of nitrogens with one attached hydrogen (secondary N) is 1. The van der Waals surface area contributed by atoms with Gasteiger partial charge in [-0.3, -0.25) is 10.1 Å². The zero-order valence-electron chi connectivity index (χ0n) is 31.1. The van der Waals surface area contributed by atoms with E-state index in [0.29, 0.717) is 23.4 Å². The second kappa shape index (κ2) is 14.3. The third-order valence-corrected chi connectivity index (χ3v) is 14.0. The molecule has 2 aromatic carbocycles. The van der Waals surface area contributed by atoms with E-state index in [-0.39, 0.29) is 34.2 Å². The third kappa shape index (κ3) is 6.82. The predicted octanol–water partition coefficient (Wildman–Crippen LogP) is 10.1. The first kappa shape index (κ1) is 35.6. The molecule has 274 valence electrons. The van der Waals surface area contributed by atoms with Crippen molar-refractivity contribution in [3.63, 3.8) is 0 Å². The Morgan fingerprint density at radius 3 is 2.55 bits per heavy atom. The molecule has 0 radical (unpaired) electrons. The van der Waals surface area contributed by atoms with Crippen molar-refractivity contribution in [3.8, 4) is 0 Å². The van der Waals surface area contributed by atoms with Crippen LogP contribution in [-0.2, 0) is 16.0 Å². The zero-order chi connectivity index (χ0) is 35.9. The van der Waals surface area contributed by atoms with E-state index in [4.69, 9.17) is 9.37 Å². The number of ether oxygens (including phenoxy) is 1. The van der Waals surface area contributed by atoms with Crippen molar-refractivity contribution >= 4 is 28.4 Å². The largest absolute Gasteiger partial charge is 0.461 e. The molecule has 1 aromatic heterocycles. The van der Waals surface area contributed by atoms with Gasteiger partial charge in [-0.05, 0) is 113 Å². The SMILES string of the molecule is CC(C)CCC[C@@H](C)[C@H]1CC[C@H]2[C@@H]3CC=C4C[C@@H](OC(=O)[C@@H](Cc5ccccc5)Nc5ccc([N+](=O)[O-])c6nonc56)CC[C@]4(C)[C@H]3CC[C@]12C. The monoisotopic (exact) mass is 696 g/mol. The lowest BCUT2D eigenvalue weighted by atomic mass is 9.47. The fourth-order valence-electron chi connectivity index (χ4n) is 11.3. The Balaban J connectivity index is 1.04. The molecule has 0 spiro atoms. The molecule has 4 aliphatic carbocycles. The number of fused-ring (bicyclic) bond motifs is 6. The van der Waals surface area contributed by atoms with Crippen molar-refractivity contribution in [1.29, 1.82) is 0 Å². The second-order valence-electron chi connectivity index (χ2n) is 17.3. The lowest BCUT2D eigenvalue weighted by Crippen LogP contribution is -2.51. The number of anilines is 1. The first-order valence-corrected chi connectivity index (χ1v) is 19.6. The van der Waals surface area contributed by atoms with Gasteiger partial charge in [-0.25, -0.2) is 9.42 Å². The number of hydrogen-bond donors (Lipinski definition) is 1. The summed E-state index contributed by atoms with van der Waals surface area (Å²) in [5.74, 6) is 4.39. The van der Waals surface area contributed by atoms with Gasteiger partial charge in [0.05, 0.1) is 10.6 Å². The van der Waals surface area contributed by atoms with Crippen molar-refractivity contribution < 1.29 is 19.1 Å². The van der Waals surface area contributed by atoms with Crippen LogP contribution in [0.5, 0.6) is 0 Å². The van der Waals surface area contributed by atoms with E-state index < -0.39 is 11.0 Å². The van der Waals surface area contributed by atoms with Crippen molar-refractivity contribution in [1.82, 2.24) is 10.3 Å². The van der Waals surface area contributed by atoms with Crippen LogP contribution >= 0.6 is 0 Å². The molecule has 7 rings (SSSR count). The zero-order valence-corrected chi connectivity index (χ0v) is 31.1. The van der Waals surface area contributed by atoms with E-state index in [1.54, 1.807) is 6.07 Å². The van der Waals surface area contributed by atoms with Crippen LogP contribution in [0.25, 0.3) is 11.0 Å². The number of aromatic nitrogens is 2. The molecular formula is C42H56N4O5. The van der Waals surface area contributed by atoms with Crippen LogP contribution < -0.4 is 5.32 Å². The topological polar surface area (TPSA) is 120 Å². The summed E-state index contributed by atoms with van der Waals surface area (Å²) in [4.78, 5) is 25.1. The Hall–Kier alpha value is -3.75. The Morgan fingerprint density at radius 1 is 1.00 bits per heavy atom. The molecule has 4 aliphatic rings. The number of esters is 1. The van der Waals surface area contributed by atoms with Gasteiger partial charge in [0.25, 0.3) is 0 Å². The van der Waals surface area contributed by atoms with Crippen molar-refractivity contribution in [2.24, 2.45) is 46.3 Å². The molecule has 0 unspecified atom stereocenters. The molecule has 0 aliphatic heterocycles. The normalized spacial score (nSPS) is 31.3. The standard InChI is InChI=1S/C42H56N4O5/c1-26(2)10-9-11-27(3)32-16-17-33-31-15-14-29-25-30(20-22-41(29,4)34(31)21-23-42(32,33)5)50-40(47)36(24-28-12-7-6-8-13-28)43-35-18-19-37(46(48)49)39-38(35)44-51-45-39/h6-8,12-14,18-19,26-27,30-34,36,43H,9-11,15-17,20-25H2,1-5H3/t27-,30+,31+,32-,33+,34+,36-,41+,42-/m1/s1. The summed E-state index contributed by atoms with van der Waals surface area (Å²) in [6.45, 7) is 12.4. The number of rotatable bonds is 12. The minimum atomic E-state index is -0.731. The maximum atomic E-state index is 14.0. The van der Waals surface area contributed by atoms with Crippen LogP contribution in [0, 0.1) is 56.5 Å². The highest BCUT2D eigenvalue weighted by molar-refractivity contribution is 5.95. The van der Waals surface area contributed by atoms with Gasteiger partial charge in [-0.1, -0.05) is 95.9 Å². The average Bonchev–Trinajstić information content (AvgIpc) is 3.73. The van der Waals surface area contributed by atoms with Crippen molar-refractivity contribution in [2.45, 2.75) is 124 Å². The fraction of sp³-hybridized carbons (Fsp3) is 0.643. The van der Waals surface area contributed by atoms with Gasteiger partial charge in [0, 0.05) is 18.9 Å². The first-order valence-electron chi connectivity index (χ1n) is 19.6. The summed E-state index contributed by atoms with van der Waals surface area (Å²) < 4.78 is 11.2. The molecule has 1 heterocycles. The molecule has 3 fully saturated rings. The molecule has 0 amide bonds. The number of nitro groups is 1. The highest BCUT2D eigenvalue weighted by Gasteiger charge is 2.59. The molecular weight excluding hydrogens is 640 g/mol. The maximum absolute atomic E-state index is 14.0. The van der Waals surface area contributed by atoms with E-state index in [2.05, 4.69) is 56.3 Å². The molecule has 0 saturated heterocycles. The van der Waals surface area contributed by atoms with E-state index in [1.807, 2.05) is 30.3 Å². The van der Waals surface area contributed by atoms with Crippen molar-refractivity contribution in [3.05, 3.63) is 69.8 Å². The molecule has 1 N–H and O–H groups in total. The lowest BCUT2D eigenvalue weighted by Gasteiger charge is -2.58.